The zero-order chi connectivity index (χ0) is 13.1. The second-order valence-corrected chi connectivity index (χ2v) is 5.72. The Morgan fingerprint density at radius 3 is 2.65 bits per heavy atom. The number of rotatable bonds is 6. The van der Waals surface area contributed by atoms with Crippen molar-refractivity contribution in [1.82, 2.24) is 14.5 Å². The van der Waals surface area contributed by atoms with Crippen LogP contribution in [0.4, 0.5) is 0 Å². The minimum absolute atomic E-state index is 0.0427. The van der Waals surface area contributed by atoms with Gasteiger partial charge in [0.15, 0.2) is 5.03 Å². The Morgan fingerprint density at radius 2 is 2.18 bits per heavy atom. The number of aromatic nitrogens is 2. The molecule has 0 saturated heterocycles. The maximum atomic E-state index is 12.4. The lowest BCUT2D eigenvalue weighted by Crippen LogP contribution is -2.38. The lowest BCUT2D eigenvalue weighted by molar-refractivity contribution is 0.341. The number of hydrogen-bond acceptors (Lipinski definition) is 4. The summed E-state index contributed by atoms with van der Waals surface area (Å²) in [4.78, 5) is 0. The predicted molar refractivity (Wildman–Crippen MR) is 65.8 cm³/mol. The van der Waals surface area contributed by atoms with Crippen LogP contribution in [0.3, 0.4) is 0 Å². The highest BCUT2D eigenvalue weighted by atomic mass is 32.2. The van der Waals surface area contributed by atoms with Crippen molar-refractivity contribution in [3.63, 3.8) is 0 Å². The van der Waals surface area contributed by atoms with E-state index in [1.807, 2.05) is 20.8 Å². The number of nitrogens with zero attached hydrogens (tertiary/aromatic N) is 2. The van der Waals surface area contributed by atoms with Gasteiger partial charge in [-0.2, -0.15) is 9.40 Å². The summed E-state index contributed by atoms with van der Waals surface area (Å²) >= 11 is 0. The maximum absolute atomic E-state index is 12.4. The van der Waals surface area contributed by atoms with Gasteiger partial charge in [0.2, 0.25) is 0 Å². The molecule has 17 heavy (non-hydrogen) atoms. The van der Waals surface area contributed by atoms with Crippen molar-refractivity contribution >= 4 is 10.0 Å². The van der Waals surface area contributed by atoms with Crippen LogP contribution in [-0.4, -0.2) is 35.5 Å². The highest BCUT2D eigenvalue weighted by Crippen LogP contribution is 2.20. The number of H-pyrrole nitrogens is 1. The molecule has 0 amide bonds. The molecule has 0 spiro atoms. The summed E-state index contributed by atoms with van der Waals surface area (Å²) in [5.74, 6) is 0. The molecule has 0 aliphatic rings. The first-order valence-electron chi connectivity index (χ1n) is 5.73. The van der Waals surface area contributed by atoms with Crippen molar-refractivity contribution in [2.75, 3.05) is 6.54 Å². The van der Waals surface area contributed by atoms with Crippen LogP contribution in [0.1, 0.15) is 32.8 Å². The van der Waals surface area contributed by atoms with E-state index in [4.69, 9.17) is 5.73 Å². The number of aromatic amines is 1. The van der Waals surface area contributed by atoms with Gasteiger partial charge in [0.1, 0.15) is 0 Å². The zero-order valence-electron chi connectivity index (χ0n) is 10.5. The largest absolute Gasteiger partial charge is 0.326 e. The van der Waals surface area contributed by atoms with Gasteiger partial charge in [-0.1, -0.05) is 13.8 Å². The first-order valence-corrected chi connectivity index (χ1v) is 7.17. The van der Waals surface area contributed by atoms with Gasteiger partial charge in [0.05, 0.1) is 6.20 Å². The molecule has 0 fully saturated rings. The predicted octanol–water partition coefficient (Wildman–Crippen LogP) is 0.678. The summed E-state index contributed by atoms with van der Waals surface area (Å²) in [7, 11) is -3.53. The molecule has 98 valence electrons. The Labute approximate surface area is 102 Å². The summed E-state index contributed by atoms with van der Waals surface area (Å²) < 4.78 is 26.3. The van der Waals surface area contributed by atoms with Crippen molar-refractivity contribution in [1.29, 1.82) is 0 Å². The summed E-state index contributed by atoms with van der Waals surface area (Å²) in [5.41, 5.74) is 6.02. The van der Waals surface area contributed by atoms with Crippen LogP contribution >= 0.6 is 0 Å². The fourth-order valence-electron chi connectivity index (χ4n) is 1.71. The number of hydrogen-bond donors (Lipinski definition) is 2. The molecule has 1 aromatic rings. The molecule has 1 rings (SSSR count). The Morgan fingerprint density at radius 1 is 1.53 bits per heavy atom. The van der Waals surface area contributed by atoms with Crippen molar-refractivity contribution < 1.29 is 8.42 Å². The lowest BCUT2D eigenvalue weighted by atomic mass is 10.3. The Bertz CT molecular complexity index is 455. The molecule has 7 heteroatoms. The quantitative estimate of drug-likeness (QED) is 0.786. The number of nitrogens with two attached hydrogens (primary N) is 1. The van der Waals surface area contributed by atoms with Crippen molar-refractivity contribution in [3.05, 3.63) is 11.8 Å². The van der Waals surface area contributed by atoms with Gasteiger partial charge in [-0.3, -0.25) is 5.10 Å². The van der Waals surface area contributed by atoms with E-state index in [1.54, 1.807) is 0 Å². The van der Waals surface area contributed by atoms with E-state index in [0.717, 1.165) is 6.42 Å². The molecule has 1 aromatic heterocycles. The van der Waals surface area contributed by atoms with Gasteiger partial charge in [0, 0.05) is 24.7 Å². The Balaban J connectivity index is 3.17. The van der Waals surface area contributed by atoms with Crippen LogP contribution in [0.25, 0.3) is 0 Å². The average molecular weight is 260 g/mol. The van der Waals surface area contributed by atoms with Crippen LogP contribution < -0.4 is 5.73 Å². The molecular weight excluding hydrogens is 240 g/mol. The highest BCUT2D eigenvalue weighted by molar-refractivity contribution is 7.89. The maximum Gasteiger partial charge on any atom is 0.260 e. The Kier molecular flexibility index (Phi) is 4.67. The third-order valence-electron chi connectivity index (χ3n) is 2.86. The minimum Gasteiger partial charge on any atom is -0.326 e. The molecular formula is C10H20N4O2S. The minimum atomic E-state index is -3.53. The topological polar surface area (TPSA) is 92.1 Å². The van der Waals surface area contributed by atoms with E-state index in [-0.39, 0.29) is 17.6 Å². The average Bonchev–Trinajstić information content (AvgIpc) is 2.78. The van der Waals surface area contributed by atoms with Gasteiger partial charge in [-0.05, 0) is 13.3 Å². The number of nitrogens with one attached hydrogen (secondary N) is 1. The van der Waals surface area contributed by atoms with Crippen molar-refractivity contribution in [2.24, 2.45) is 5.73 Å². The van der Waals surface area contributed by atoms with Crippen molar-refractivity contribution in [3.8, 4) is 0 Å². The van der Waals surface area contributed by atoms with Crippen LogP contribution in [0.15, 0.2) is 11.2 Å². The molecule has 0 aliphatic carbocycles. The monoisotopic (exact) mass is 260 g/mol. The Hall–Kier alpha value is -0.920. The highest BCUT2D eigenvalue weighted by Gasteiger charge is 2.30. The normalized spacial score (nSPS) is 14.2. The van der Waals surface area contributed by atoms with E-state index in [0.29, 0.717) is 12.1 Å². The van der Waals surface area contributed by atoms with Crippen molar-refractivity contribution in [2.45, 2.75) is 44.8 Å². The molecule has 0 aliphatic heterocycles. The smallest absolute Gasteiger partial charge is 0.260 e. The SMILES string of the molecule is CCC(C)N(CC)S(=O)(=O)c1[nH]ncc1CN. The molecule has 3 N–H and O–H groups in total. The molecule has 1 heterocycles. The molecule has 6 nitrogen and oxygen atoms in total. The molecule has 0 saturated carbocycles. The first kappa shape index (κ1) is 14.1. The summed E-state index contributed by atoms with van der Waals surface area (Å²) in [5, 5.41) is 6.39. The molecule has 0 aromatic carbocycles. The van der Waals surface area contributed by atoms with Gasteiger partial charge < -0.3 is 5.73 Å². The number of sulfonamides is 1. The summed E-state index contributed by atoms with van der Waals surface area (Å²) in [6.45, 7) is 6.25. The zero-order valence-corrected chi connectivity index (χ0v) is 11.3. The summed E-state index contributed by atoms with van der Waals surface area (Å²) in [6.07, 6.45) is 2.22. The first-order chi connectivity index (χ1) is 7.98. The standard InChI is InChI=1S/C10H20N4O2S/c1-4-8(3)14(5-2)17(15,16)10-9(6-11)7-12-13-10/h7-8H,4-6,11H2,1-3H3,(H,12,13). The molecule has 1 unspecified atom stereocenters. The van der Waals surface area contributed by atoms with Crippen LogP contribution in [0, 0.1) is 0 Å². The summed E-state index contributed by atoms with van der Waals surface area (Å²) in [6, 6.07) is -0.0427. The second-order valence-electron chi connectivity index (χ2n) is 3.89. The second kappa shape index (κ2) is 5.61. The van der Waals surface area contributed by atoms with Crippen LogP contribution in [-0.2, 0) is 16.6 Å². The van der Waals surface area contributed by atoms with Crippen LogP contribution in [0.5, 0.6) is 0 Å². The van der Waals surface area contributed by atoms with Gasteiger partial charge >= 0.3 is 0 Å². The third kappa shape index (κ3) is 2.67. The van der Waals surface area contributed by atoms with E-state index in [1.165, 1.54) is 10.5 Å². The fraction of sp³-hybridized carbons (Fsp3) is 0.700. The van der Waals surface area contributed by atoms with Gasteiger partial charge in [0.25, 0.3) is 10.0 Å². The van der Waals surface area contributed by atoms with Gasteiger partial charge in [-0.25, -0.2) is 8.42 Å². The van der Waals surface area contributed by atoms with Crippen LogP contribution in [0.2, 0.25) is 0 Å². The van der Waals surface area contributed by atoms with E-state index in [2.05, 4.69) is 10.2 Å². The van der Waals surface area contributed by atoms with E-state index < -0.39 is 10.0 Å². The molecule has 0 bridgehead atoms. The van der Waals surface area contributed by atoms with E-state index >= 15 is 0 Å². The van der Waals surface area contributed by atoms with E-state index in [9.17, 15) is 8.42 Å². The third-order valence-corrected chi connectivity index (χ3v) is 4.96. The van der Waals surface area contributed by atoms with Gasteiger partial charge in [-0.15, -0.1) is 0 Å². The fourth-order valence-corrected chi connectivity index (χ4v) is 3.54. The molecule has 0 radical (unpaired) electrons. The molecule has 1 atom stereocenters. The lowest BCUT2D eigenvalue weighted by Gasteiger charge is -2.25.